The van der Waals surface area contributed by atoms with Gasteiger partial charge in [0, 0.05) is 23.3 Å². The molecule has 0 unspecified atom stereocenters. The Morgan fingerprint density at radius 2 is 2.07 bits per heavy atom. The van der Waals surface area contributed by atoms with Gasteiger partial charge in [-0.3, -0.25) is 0 Å². The van der Waals surface area contributed by atoms with Gasteiger partial charge in [-0.25, -0.2) is 4.98 Å². The molecule has 6 nitrogen and oxygen atoms in total. The van der Waals surface area contributed by atoms with Crippen molar-refractivity contribution in [1.82, 2.24) is 19.7 Å². The van der Waals surface area contributed by atoms with Crippen molar-refractivity contribution in [2.24, 2.45) is 0 Å². The molecule has 1 aromatic carbocycles. The zero-order valence-corrected chi connectivity index (χ0v) is 15.8. The highest BCUT2D eigenvalue weighted by atomic mass is 32.2. The van der Waals surface area contributed by atoms with E-state index in [1.807, 2.05) is 6.26 Å². The summed E-state index contributed by atoms with van der Waals surface area (Å²) in [5.41, 5.74) is -0.334. The lowest BCUT2D eigenvalue weighted by molar-refractivity contribution is -0.136. The summed E-state index contributed by atoms with van der Waals surface area (Å²) in [6, 6.07) is 9.16. The Hall–Kier alpha value is -3.32. The van der Waals surface area contributed by atoms with Gasteiger partial charge >= 0.3 is 6.18 Å². The Morgan fingerprint density at radius 3 is 2.79 bits per heavy atom. The second-order valence-electron chi connectivity index (χ2n) is 6.05. The van der Waals surface area contributed by atoms with Gasteiger partial charge in [0.05, 0.1) is 29.3 Å². The Bertz CT molecular complexity index is 1240. The molecule has 0 aliphatic heterocycles. The van der Waals surface area contributed by atoms with Crippen LogP contribution in [0.4, 0.5) is 13.2 Å². The predicted molar refractivity (Wildman–Crippen MR) is 100 cm³/mol. The maximum atomic E-state index is 13.5. The van der Waals surface area contributed by atoms with E-state index in [-0.39, 0.29) is 17.8 Å². The van der Waals surface area contributed by atoms with Crippen LogP contribution in [0.25, 0.3) is 22.4 Å². The zero-order chi connectivity index (χ0) is 20.6. The third-order valence-electron chi connectivity index (χ3n) is 4.33. The van der Waals surface area contributed by atoms with E-state index in [0.29, 0.717) is 16.9 Å². The summed E-state index contributed by atoms with van der Waals surface area (Å²) >= 11 is 1.44. The summed E-state index contributed by atoms with van der Waals surface area (Å²) < 4.78 is 47.3. The molecule has 0 saturated carbocycles. The van der Waals surface area contributed by atoms with Gasteiger partial charge in [0.1, 0.15) is 5.03 Å². The summed E-state index contributed by atoms with van der Waals surface area (Å²) in [6.07, 6.45) is 0.411. The molecule has 29 heavy (non-hydrogen) atoms. The van der Waals surface area contributed by atoms with Crippen molar-refractivity contribution in [2.75, 3.05) is 6.26 Å². The minimum atomic E-state index is -4.63. The van der Waals surface area contributed by atoms with Crippen LogP contribution in [0.3, 0.4) is 0 Å². The first-order valence-electron chi connectivity index (χ1n) is 8.33. The minimum Gasteiger partial charge on any atom is -0.340 e. The average molecular weight is 415 g/mol. The number of nitrogens with zero attached hydrogens (tertiary/aromatic N) is 5. The fourth-order valence-corrected chi connectivity index (χ4v) is 3.65. The van der Waals surface area contributed by atoms with Gasteiger partial charge in [0.2, 0.25) is 0 Å². The summed E-state index contributed by atoms with van der Waals surface area (Å²) in [5.74, 6) is 0.600. The van der Waals surface area contributed by atoms with Crippen LogP contribution in [0.2, 0.25) is 0 Å². The number of benzene rings is 1. The van der Waals surface area contributed by atoms with Gasteiger partial charge in [-0.2, -0.15) is 23.4 Å². The molecule has 0 N–H and O–H groups in total. The van der Waals surface area contributed by atoms with Crippen LogP contribution >= 0.6 is 11.8 Å². The number of alkyl halides is 3. The van der Waals surface area contributed by atoms with Gasteiger partial charge in [0.15, 0.2) is 5.82 Å². The van der Waals surface area contributed by atoms with Crippen LogP contribution in [0, 0.1) is 11.3 Å². The Kier molecular flexibility index (Phi) is 4.76. The first kappa shape index (κ1) is 19.0. The van der Waals surface area contributed by atoms with E-state index in [9.17, 15) is 13.2 Å². The van der Waals surface area contributed by atoms with E-state index in [1.54, 1.807) is 29.0 Å². The van der Waals surface area contributed by atoms with Gasteiger partial charge in [-0.1, -0.05) is 5.16 Å². The molecule has 0 spiro atoms. The number of rotatable bonds is 4. The highest BCUT2D eigenvalue weighted by Gasteiger charge is 2.36. The van der Waals surface area contributed by atoms with Gasteiger partial charge in [-0.15, -0.1) is 11.8 Å². The van der Waals surface area contributed by atoms with Gasteiger partial charge in [-0.05, 0) is 36.6 Å². The molecule has 3 aromatic heterocycles. The first-order valence-corrected chi connectivity index (χ1v) is 9.56. The summed E-state index contributed by atoms with van der Waals surface area (Å²) in [5, 5.41) is 13.7. The molecule has 4 aromatic rings. The lowest BCUT2D eigenvalue weighted by atomic mass is 10.0. The number of hydrogen-bond acceptors (Lipinski definition) is 6. The van der Waals surface area contributed by atoms with Crippen molar-refractivity contribution in [3.63, 3.8) is 0 Å². The highest BCUT2D eigenvalue weighted by molar-refractivity contribution is 7.98. The van der Waals surface area contributed by atoms with Gasteiger partial charge < -0.3 is 9.09 Å². The van der Waals surface area contributed by atoms with Crippen LogP contribution in [0.15, 0.2) is 52.3 Å². The van der Waals surface area contributed by atoms with Crippen LogP contribution < -0.4 is 0 Å². The van der Waals surface area contributed by atoms with Crippen molar-refractivity contribution in [1.29, 1.82) is 5.26 Å². The van der Waals surface area contributed by atoms with E-state index < -0.39 is 17.3 Å². The number of hydrogen-bond donors (Lipinski definition) is 0. The molecule has 0 aliphatic carbocycles. The standard InChI is InChI=1S/C19H12F3N5OS/c1-29-18-13(3-2-7-24-18)17-25-15(26-28-17)10-27-8-6-12-14(27)5-4-11(9-23)16(12)19(20,21)22/h2-8H,10H2,1H3. The van der Waals surface area contributed by atoms with Crippen molar-refractivity contribution in [3.05, 3.63) is 59.7 Å². The summed E-state index contributed by atoms with van der Waals surface area (Å²) in [6.45, 7) is 0.116. The van der Waals surface area contributed by atoms with Crippen LogP contribution in [0.1, 0.15) is 17.0 Å². The maximum Gasteiger partial charge on any atom is 0.418 e. The Labute approximate surface area is 167 Å². The summed E-state index contributed by atoms with van der Waals surface area (Å²) in [4.78, 5) is 8.59. The molecule has 4 rings (SSSR count). The fraction of sp³-hybridized carbons (Fsp3) is 0.158. The maximum absolute atomic E-state index is 13.5. The average Bonchev–Trinajstić information content (AvgIpc) is 3.34. The Morgan fingerprint density at radius 1 is 1.24 bits per heavy atom. The molecular weight excluding hydrogens is 403 g/mol. The third-order valence-corrected chi connectivity index (χ3v) is 5.04. The van der Waals surface area contributed by atoms with Crippen LogP contribution in [-0.2, 0) is 12.7 Å². The van der Waals surface area contributed by atoms with E-state index in [0.717, 1.165) is 5.03 Å². The normalized spacial score (nSPS) is 11.7. The second kappa shape index (κ2) is 7.25. The molecule has 10 heteroatoms. The largest absolute Gasteiger partial charge is 0.418 e. The topological polar surface area (TPSA) is 80.5 Å². The molecule has 0 radical (unpaired) electrons. The molecular formula is C19H12F3N5OS. The molecule has 0 aliphatic rings. The first-order chi connectivity index (χ1) is 13.9. The molecule has 0 amide bonds. The molecule has 0 fully saturated rings. The van der Waals surface area contributed by atoms with E-state index in [1.165, 1.54) is 36.2 Å². The number of halogens is 3. The second-order valence-corrected chi connectivity index (χ2v) is 6.85. The summed E-state index contributed by atoms with van der Waals surface area (Å²) in [7, 11) is 0. The quantitative estimate of drug-likeness (QED) is 0.448. The number of aromatic nitrogens is 4. The number of thioether (sulfide) groups is 1. The van der Waals surface area contributed by atoms with E-state index in [4.69, 9.17) is 9.78 Å². The van der Waals surface area contributed by atoms with E-state index in [2.05, 4.69) is 15.1 Å². The van der Waals surface area contributed by atoms with Crippen LogP contribution in [0.5, 0.6) is 0 Å². The van der Waals surface area contributed by atoms with Crippen molar-refractivity contribution < 1.29 is 17.7 Å². The number of nitriles is 1. The monoisotopic (exact) mass is 415 g/mol. The highest BCUT2D eigenvalue weighted by Crippen LogP contribution is 2.37. The SMILES string of the molecule is CSc1ncccc1-c1nc(Cn2ccc3c(C(F)(F)F)c(C#N)ccc32)no1. The number of pyridine rings is 1. The van der Waals surface area contributed by atoms with Gasteiger partial charge in [0.25, 0.3) is 5.89 Å². The fourth-order valence-electron chi connectivity index (χ4n) is 3.11. The van der Waals surface area contributed by atoms with Crippen LogP contribution in [-0.4, -0.2) is 25.9 Å². The molecule has 0 bridgehead atoms. The van der Waals surface area contributed by atoms with E-state index >= 15 is 0 Å². The van der Waals surface area contributed by atoms with Crippen molar-refractivity contribution in [3.8, 4) is 17.5 Å². The zero-order valence-electron chi connectivity index (χ0n) is 14.9. The van der Waals surface area contributed by atoms with Crippen molar-refractivity contribution >= 4 is 22.7 Å². The lowest BCUT2D eigenvalue weighted by Crippen LogP contribution is -2.09. The van der Waals surface area contributed by atoms with Crippen molar-refractivity contribution in [2.45, 2.75) is 17.7 Å². The lowest BCUT2D eigenvalue weighted by Gasteiger charge is -2.11. The smallest absolute Gasteiger partial charge is 0.340 e. The Balaban J connectivity index is 1.72. The molecule has 0 atom stereocenters. The predicted octanol–water partition coefficient (Wildman–Crippen LogP) is 4.75. The minimum absolute atomic E-state index is 0.0443. The molecule has 3 heterocycles. The molecule has 0 saturated heterocycles. The number of fused-ring (bicyclic) bond motifs is 1. The third kappa shape index (κ3) is 3.45. The molecule has 146 valence electrons.